The van der Waals surface area contributed by atoms with E-state index in [0.29, 0.717) is 11.5 Å². The van der Waals surface area contributed by atoms with Gasteiger partial charge in [0.05, 0.1) is 5.69 Å². The Morgan fingerprint density at radius 2 is 2.25 bits per heavy atom. The van der Waals surface area contributed by atoms with Crippen LogP contribution in [-0.4, -0.2) is 45.2 Å². The summed E-state index contributed by atoms with van der Waals surface area (Å²) in [4.78, 5) is 20.5. The minimum atomic E-state index is -4.75. The van der Waals surface area contributed by atoms with Crippen molar-refractivity contribution in [2.45, 2.75) is 26.1 Å². The molecule has 1 aromatic heterocycles. The fourth-order valence-electron chi connectivity index (χ4n) is 2.37. The molecule has 1 fully saturated rings. The summed E-state index contributed by atoms with van der Waals surface area (Å²) in [7, 11) is 0. The van der Waals surface area contributed by atoms with Crippen LogP contribution in [0.2, 0.25) is 0 Å². The van der Waals surface area contributed by atoms with Gasteiger partial charge in [0.25, 0.3) is 0 Å². The molecule has 110 valence electrons. The zero-order valence-electron chi connectivity index (χ0n) is 10.8. The molecule has 1 aliphatic rings. The molecule has 1 N–H and O–H groups in total. The van der Waals surface area contributed by atoms with Gasteiger partial charge in [-0.3, -0.25) is 9.69 Å². The summed E-state index contributed by atoms with van der Waals surface area (Å²) in [6, 6.07) is 1.61. The molecule has 20 heavy (non-hydrogen) atoms. The second-order valence-corrected chi connectivity index (χ2v) is 4.94. The maximum absolute atomic E-state index is 13.0. The van der Waals surface area contributed by atoms with Crippen LogP contribution in [0.3, 0.4) is 0 Å². The van der Waals surface area contributed by atoms with E-state index in [2.05, 4.69) is 9.97 Å². The van der Waals surface area contributed by atoms with Gasteiger partial charge in [0, 0.05) is 25.8 Å². The van der Waals surface area contributed by atoms with Crippen molar-refractivity contribution in [3.63, 3.8) is 0 Å². The van der Waals surface area contributed by atoms with Crippen molar-refractivity contribution in [1.82, 2.24) is 14.9 Å². The third-order valence-corrected chi connectivity index (χ3v) is 3.52. The highest BCUT2D eigenvalue weighted by Gasteiger charge is 2.63. The van der Waals surface area contributed by atoms with Gasteiger partial charge < -0.3 is 5.11 Å². The van der Waals surface area contributed by atoms with Crippen LogP contribution < -0.4 is 0 Å². The number of carbonyl (C=O) groups is 1. The van der Waals surface area contributed by atoms with Gasteiger partial charge in [0.1, 0.15) is 5.82 Å². The Morgan fingerprint density at radius 3 is 2.75 bits per heavy atom. The van der Waals surface area contributed by atoms with E-state index in [-0.39, 0.29) is 13.1 Å². The Bertz CT molecular complexity index is 521. The number of hydrogen-bond acceptors (Lipinski definition) is 4. The predicted octanol–water partition coefficient (Wildman–Crippen LogP) is 1.62. The fraction of sp³-hybridized carbons (Fsp3) is 0.583. The number of aryl methyl sites for hydroxylation is 1. The Kier molecular flexibility index (Phi) is 3.68. The van der Waals surface area contributed by atoms with Crippen molar-refractivity contribution >= 4 is 5.97 Å². The SMILES string of the molecule is Cc1nccc(CN2CCC(C(=O)O)(C(F)(F)F)C2)n1. The standard InChI is InChI=1S/C12H14F3N3O2/c1-8-16-4-2-9(17-8)6-18-5-3-11(7-18,10(19)20)12(13,14)15/h2,4H,3,5-7H2,1H3,(H,19,20). The lowest BCUT2D eigenvalue weighted by molar-refractivity contribution is -0.227. The van der Waals surface area contributed by atoms with E-state index in [0.717, 1.165) is 0 Å². The monoisotopic (exact) mass is 289 g/mol. The lowest BCUT2D eigenvalue weighted by Gasteiger charge is -2.27. The molecule has 0 aliphatic carbocycles. The number of nitrogens with zero attached hydrogens (tertiary/aromatic N) is 3. The summed E-state index contributed by atoms with van der Waals surface area (Å²) >= 11 is 0. The molecular weight excluding hydrogens is 275 g/mol. The molecule has 1 atom stereocenters. The molecule has 0 amide bonds. The maximum atomic E-state index is 13.0. The number of aliphatic carboxylic acids is 1. The third-order valence-electron chi connectivity index (χ3n) is 3.52. The average Bonchev–Trinajstić information content (AvgIpc) is 2.73. The topological polar surface area (TPSA) is 66.3 Å². The first-order chi connectivity index (χ1) is 9.24. The van der Waals surface area contributed by atoms with Gasteiger partial charge in [-0.1, -0.05) is 0 Å². The van der Waals surface area contributed by atoms with Gasteiger partial charge in [-0.25, -0.2) is 9.97 Å². The normalized spacial score (nSPS) is 24.0. The number of rotatable bonds is 3. The van der Waals surface area contributed by atoms with Gasteiger partial charge in [-0.15, -0.1) is 0 Å². The zero-order valence-corrected chi connectivity index (χ0v) is 10.8. The summed E-state index contributed by atoms with van der Waals surface area (Å²) in [6.45, 7) is 1.41. The number of likely N-dealkylation sites (tertiary alicyclic amines) is 1. The minimum absolute atomic E-state index is 0.0782. The van der Waals surface area contributed by atoms with Crippen molar-refractivity contribution in [2.24, 2.45) is 5.41 Å². The second-order valence-electron chi connectivity index (χ2n) is 4.94. The number of aromatic nitrogens is 2. The van der Waals surface area contributed by atoms with Crippen molar-refractivity contribution in [1.29, 1.82) is 0 Å². The van der Waals surface area contributed by atoms with Crippen LogP contribution in [0.1, 0.15) is 17.9 Å². The third kappa shape index (κ3) is 2.60. The summed E-state index contributed by atoms with van der Waals surface area (Å²) in [5.74, 6) is -1.28. The Labute approximate surface area is 113 Å². The zero-order chi connectivity index (χ0) is 15.0. The molecule has 0 saturated carbocycles. The highest BCUT2D eigenvalue weighted by atomic mass is 19.4. The van der Waals surface area contributed by atoms with Crippen LogP contribution >= 0.6 is 0 Å². The average molecular weight is 289 g/mol. The lowest BCUT2D eigenvalue weighted by Crippen LogP contribution is -2.47. The number of carboxylic acids is 1. The molecule has 0 radical (unpaired) electrons. The predicted molar refractivity (Wildman–Crippen MR) is 62.8 cm³/mol. The Hall–Kier alpha value is -1.70. The number of alkyl halides is 3. The molecule has 5 nitrogen and oxygen atoms in total. The largest absolute Gasteiger partial charge is 0.481 e. The molecule has 1 aliphatic heterocycles. The molecule has 8 heteroatoms. The first kappa shape index (κ1) is 14.7. The molecule has 2 heterocycles. The Morgan fingerprint density at radius 1 is 1.55 bits per heavy atom. The van der Waals surface area contributed by atoms with Crippen LogP contribution in [0.5, 0.6) is 0 Å². The van der Waals surface area contributed by atoms with Crippen molar-refractivity contribution in [3.8, 4) is 0 Å². The number of halogens is 3. The molecule has 1 unspecified atom stereocenters. The molecule has 0 bridgehead atoms. The van der Waals surface area contributed by atoms with Crippen LogP contribution in [0.15, 0.2) is 12.3 Å². The van der Waals surface area contributed by atoms with E-state index < -0.39 is 30.5 Å². The van der Waals surface area contributed by atoms with Crippen LogP contribution in [-0.2, 0) is 11.3 Å². The van der Waals surface area contributed by atoms with Gasteiger partial charge in [-0.05, 0) is 19.4 Å². The van der Waals surface area contributed by atoms with Crippen molar-refractivity contribution in [3.05, 3.63) is 23.8 Å². The summed E-state index contributed by atoms with van der Waals surface area (Å²) in [5, 5.41) is 8.96. The molecule has 1 aromatic rings. The van der Waals surface area contributed by atoms with E-state index in [1.807, 2.05) is 0 Å². The smallest absolute Gasteiger partial charge is 0.406 e. The summed E-state index contributed by atoms with van der Waals surface area (Å²) in [6.07, 6.45) is -3.66. The quantitative estimate of drug-likeness (QED) is 0.916. The highest BCUT2D eigenvalue weighted by Crippen LogP contribution is 2.45. The van der Waals surface area contributed by atoms with Gasteiger partial charge in [0.2, 0.25) is 0 Å². The highest BCUT2D eigenvalue weighted by molar-refractivity contribution is 5.76. The van der Waals surface area contributed by atoms with Gasteiger partial charge >= 0.3 is 12.1 Å². The number of carboxylic acid groups (broad SMARTS) is 1. The maximum Gasteiger partial charge on any atom is 0.406 e. The first-order valence-electron chi connectivity index (χ1n) is 6.06. The van der Waals surface area contributed by atoms with Crippen molar-refractivity contribution < 1.29 is 23.1 Å². The summed E-state index contributed by atoms with van der Waals surface area (Å²) < 4.78 is 39.0. The van der Waals surface area contributed by atoms with Gasteiger partial charge in [-0.2, -0.15) is 13.2 Å². The molecule has 0 aromatic carbocycles. The Balaban J connectivity index is 2.13. The van der Waals surface area contributed by atoms with Crippen LogP contribution in [0.4, 0.5) is 13.2 Å². The first-order valence-corrected chi connectivity index (χ1v) is 6.06. The minimum Gasteiger partial charge on any atom is -0.481 e. The van der Waals surface area contributed by atoms with Crippen molar-refractivity contribution in [2.75, 3.05) is 13.1 Å². The summed E-state index contributed by atoms with van der Waals surface area (Å²) in [5.41, 5.74) is -2.09. The van der Waals surface area contributed by atoms with E-state index in [1.54, 1.807) is 13.0 Å². The van der Waals surface area contributed by atoms with E-state index >= 15 is 0 Å². The molecule has 0 spiro atoms. The number of hydrogen-bond donors (Lipinski definition) is 1. The lowest BCUT2D eigenvalue weighted by atomic mass is 9.86. The molecule has 1 saturated heterocycles. The van der Waals surface area contributed by atoms with E-state index in [1.165, 1.54) is 11.1 Å². The fourth-order valence-corrected chi connectivity index (χ4v) is 2.37. The van der Waals surface area contributed by atoms with Crippen LogP contribution in [0.25, 0.3) is 0 Å². The molecule has 2 rings (SSSR count). The second kappa shape index (κ2) is 5.01. The van der Waals surface area contributed by atoms with E-state index in [9.17, 15) is 18.0 Å². The van der Waals surface area contributed by atoms with Gasteiger partial charge in [0.15, 0.2) is 5.41 Å². The van der Waals surface area contributed by atoms with E-state index in [4.69, 9.17) is 5.11 Å². The van der Waals surface area contributed by atoms with Crippen LogP contribution in [0, 0.1) is 12.3 Å². The molecular formula is C12H14F3N3O2.